The Morgan fingerprint density at radius 2 is 1.65 bits per heavy atom. The highest BCUT2D eigenvalue weighted by molar-refractivity contribution is 6.77. The van der Waals surface area contributed by atoms with Crippen molar-refractivity contribution < 1.29 is 0 Å². The van der Waals surface area contributed by atoms with Gasteiger partial charge in [0.15, 0.2) is 0 Å². The van der Waals surface area contributed by atoms with Crippen LogP contribution < -0.4 is 0 Å². The number of allylic oxidation sites excluding steroid dienone is 1. The highest BCUT2D eigenvalue weighted by Gasteiger charge is 2.15. The molecule has 0 heterocycles. The number of fused-ring (bicyclic) bond motifs is 1. The molecular formula is C16H20Si. The first-order valence-corrected chi connectivity index (χ1v) is 9.83. The molecule has 88 valence electrons. The Labute approximate surface area is 105 Å². The van der Waals surface area contributed by atoms with Crippen LogP contribution >= 0.6 is 0 Å². The van der Waals surface area contributed by atoms with Crippen LogP contribution in [0.2, 0.25) is 25.7 Å². The summed E-state index contributed by atoms with van der Waals surface area (Å²) < 4.78 is 0. The van der Waals surface area contributed by atoms with Crippen molar-refractivity contribution in [2.45, 2.75) is 25.7 Å². The maximum atomic E-state index is 4.25. The van der Waals surface area contributed by atoms with E-state index in [0.717, 1.165) is 0 Å². The molecule has 0 aromatic heterocycles. The Morgan fingerprint density at radius 3 is 2.29 bits per heavy atom. The standard InChI is InChI=1S/C16H20Si/c1-13(12-17(2,3)4)15-10-9-14-7-5-6-8-16(14)11-15/h5-11H,1,12H2,2-4H3. The summed E-state index contributed by atoms with van der Waals surface area (Å²) in [6.07, 6.45) is 0. The first-order valence-electron chi connectivity index (χ1n) is 6.13. The van der Waals surface area contributed by atoms with Crippen LogP contribution in [-0.4, -0.2) is 8.07 Å². The summed E-state index contributed by atoms with van der Waals surface area (Å²) in [4.78, 5) is 0. The lowest BCUT2D eigenvalue weighted by Gasteiger charge is -2.18. The van der Waals surface area contributed by atoms with E-state index < -0.39 is 8.07 Å². The normalized spacial score (nSPS) is 11.7. The lowest BCUT2D eigenvalue weighted by Crippen LogP contribution is -2.19. The second kappa shape index (κ2) is 4.50. The summed E-state index contributed by atoms with van der Waals surface area (Å²) in [5, 5.41) is 2.61. The number of benzene rings is 2. The SMILES string of the molecule is C=C(C[Si](C)(C)C)c1ccc2ccccc2c1. The van der Waals surface area contributed by atoms with E-state index in [1.54, 1.807) is 0 Å². The lowest BCUT2D eigenvalue weighted by atomic mass is 10.0. The third-order valence-corrected chi connectivity index (χ3v) is 4.39. The van der Waals surface area contributed by atoms with Gasteiger partial charge in [-0.05, 0) is 28.4 Å². The molecular weight excluding hydrogens is 220 g/mol. The summed E-state index contributed by atoms with van der Waals surface area (Å²) in [6.45, 7) is 11.4. The van der Waals surface area contributed by atoms with E-state index in [1.807, 2.05) is 0 Å². The molecule has 2 aromatic carbocycles. The van der Waals surface area contributed by atoms with Crippen molar-refractivity contribution in [1.29, 1.82) is 0 Å². The van der Waals surface area contributed by atoms with Crippen molar-refractivity contribution in [1.82, 2.24) is 0 Å². The van der Waals surface area contributed by atoms with Crippen molar-refractivity contribution in [2.24, 2.45) is 0 Å². The Balaban J connectivity index is 2.33. The first kappa shape index (κ1) is 12.1. The van der Waals surface area contributed by atoms with Gasteiger partial charge < -0.3 is 0 Å². The smallest absolute Gasteiger partial charge is 0.0487 e. The van der Waals surface area contributed by atoms with Crippen molar-refractivity contribution in [3.05, 3.63) is 54.6 Å². The molecule has 17 heavy (non-hydrogen) atoms. The van der Waals surface area contributed by atoms with Crippen molar-refractivity contribution in [3.63, 3.8) is 0 Å². The molecule has 0 fully saturated rings. The fourth-order valence-corrected chi connectivity index (χ4v) is 3.64. The monoisotopic (exact) mass is 240 g/mol. The molecule has 0 spiro atoms. The van der Waals surface area contributed by atoms with E-state index in [0.29, 0.717) is 0 Å². The van der Waals surface area contributed by atoms with Gasteiger partial charge >= 0.3 is 0 Å². The molecule has 0 saturated carbocycles. The Bertz CT molecular complexity index is 547. The van der Waals surface area contributed by atoms with E-state index in [2.05, 4.69) is 68.7 Å². The van der Waals surface area contributed by atoms with Gasteiger partial charge in [-0.2, -0.15) is 0 Å². The fourth-order valence-electron chi connectivity index (χ4n) is 2.15. The molecule has 0 atom stereocenters. The van der Waals surface area contributed by atoms with Crippen LogP contribution in [-0.2, 0) is 0 Å². The average molecular weight is 240 g/mol. The molecule has 0 nitrogen and oxygen atoms in total. The van der Waals surface area contributed by atoms with E-state index in [-0.39, 0.29) is 0 Å². The predicted octanol–water partition coefficient (Wildman–Crippen LogP) is 5.19. The first-order chi connectivity index (χ1) is 7.96. The van der Waals surface area contributed by atoms with E-state index >= 15 is 0 Å². The van der Waals surface area contributed by atoms with Crippen LogP contribution in [0, 0.1) is 0 Å². The average Bonchev–Trinajstić information content (AvgIpc) is 2.26. The Morgan fingerprint density at radius 1 is 1.00 bits per heavy atom. The maximum absolute atomic E-state index is 4.25. The van der Waals surface area contributed by atoms with Crippen LogP contribution in [0.4, 0.5) is 0 Å². The summed E-state index contributed by atoms with van der Waals surface area (Å²) >= 11 is 0. The van der Waals surface area contributed by atoms with Gasteiger partial charge in [0.1, 0.15) is 0 Å². The highest BCUT2D eigenvalue weighted by atomic mass is 28.3. The van der Waals surface area contributed by atoms with Crippen molar-refractivity contribution in [3.8, 4) is 0 Å². The third-order valence-electron chi connectivity index (χ3n) is 2.90. The minimum atomic E-state index is -1.07. The fraction of sp³-hybridized carbons (Fsp3) is 0.250. The van der Waals surface area contributed by atoms with Gasteiger partial charge in [0.2, 0.25) is 0 Å². The zero-order valence-corrected chi connectivity index (χ0v) is 12.0. The van der Waals surface area contributed by atoms with Gasteiger partial charge in [0.05, 0.1) is 0 Å². The molecule has 0 saturated heterocycles. The third kappa shape index (κ3) is 3.07. The van der Waals surface area contributed by atoms with Crippen LogP contribution in [0.15, 0.2) is 49.0 Å². The summed E-state index contributed by atoms with van der Waals surface area (Å²) in [5.41, 5.74) is 2.58. The quantitative estimate of drug-likeness (QED) is 0.648. The minimum Gasteiger partial charge on any atom is -0.0955 e. The Kier molecular flexibility index (Phi) is 3.21. The Hall–Kier alpha value is -1.34. The van der Waals surface area contributed by atoms with Crippen molar-refractivity contribution in [2.75, 3.05) is 0 Å². The highest BCUT2D eigenvalue weighted by Crippen LogP contribution is 2.26. The van der Waals surface area contributed by atoms with Crippen LogP contribution in [0.1, 0.15) is 5.56 Å². The van der Waals surface area contributed by atoms with Gasteiger partial charge in [-0.25, -0.2) is 0 Å². The molecule has 0 aliphatic rings. The molecule has 1 heteroatoms. The zero-order valence-electron chi connectivity index (χ0n) is 11.0. The second-order valence-electron chi connectivity index (χ2n) is 5.90. The second-order valence-corrected chi connectivity index (χ2v) is 11.4. The number of hydrogen-bond donors (Lipinski definition) is 0. The van der Waals surface area contributed by atoms with Crippen LogP contribution in [0.3, 0.4) is 0 Å². The molecule has 0 aliphatic heterocycles. The minimum absolute atomic E-state index is 1.07. The molecule has 0 bridgehead atoms. The molecule has 0 aliphatic carbocycles. The number of rotatable bonds is 3. The van der Waals surface area contributed by atoms with Gasteiger partial charge in [0, 0.05) is 8.07 Å². The summed E-state index contributed by atoms with van der Waals surface area (Å²) in [7, 11) is -1.07. The van der Waals surface area contributed by atoms with Gasteiger partial charge in [-0.3, -0.25) is 0 Å². The van der Waals surface area contributed by atoms with Crippen LogP contribution in [0.5, 0.6) is 0 Å². The molecule has 0 N–H and O–H groups in total. The van der Waals surface area contributed by atoms with Crippen LogP contribution in [0.25, 0.3) is 16.3 Å². The molecule has 0 radical (unpaired) electrons. The largest absolute Gasteiger partial charge is 0.0955 e. The molecule has 2 rings (SSSR count). The zero-order chi connectivity index (χ0) is 12.5. The predicted molar refractivity (Wildman–Crippen MR) is 81.1 cm³/mol. The number of hydrogen-bond acceptors (Lipinski definition) is 0. The summed E-state index contributed by atoms with van der Waals surface area (Å²) in [5.74, 6) is 0. The van der Waals surface area contributed by atoms with Gasteiger partial charge in [-0.15, -0.1) is 0 Å². The van der Waals surface area contributed by atoms with Gasteiger partial charge in [0.25, 0.3) is 0 Å². The topological polar surface area (TPSA) is 0 Å². The molecule has 0 amide bonds. The van der Waals surface area contributed by atoms with Crippen molar-refractivity contribution >= 4 is 24.4 Å². The molecule has 0 unspecified atom stereocenters. The van der Waals surface area contributed by atoms with Gasteiger partial charge in [-0.1, -0.05) is 68.2 Å². The lowest BCUT2D eigenvalue weighted by molar-refractivity contribution is 1.50. The maximum Gasteiger partial charge on any atom is 0.0487 e. The van der Waals surface area contributed by atoms with E-state index in [9.17, 15) is 0 Å². The van der Waals surface area contributed by atoms with E-state index in [1.165, 1.54) is 28.0 Å². The van der Waals surface area contributed by atoms with E-state index in [4.69, 9.17) is 0 Å². The molecule has 2 aromatic rings. The summed E-state index contributed by atoms with van der Waals surface area (Å²) in [6, 6.07) is 16.3.